The van der Waals surface area contributed by atoms with E-state index in [2.05, 4.69) is 4.74 Å². The molecule has 1 aromatic carbocycles. The molecule has 0 radical (unpaired) electrons. The van der Waals surface area contributed by atoms with Crippen LogP contribution in [0.4, 0.5) is 0 Å². The second-order valence-corrected chi connectivity index (χ2v) is 3.35. The molecule has 0 heterocycles. The molecule has 1 atom stereocenters. The lowest BCUT2D eigenvalue weighted by Crippen LogP contribution is -2.09. The topological polar surface area (TPSA) is 46.5 Å². The van der Waals surface area contributed by atoms with Crippen LogP contribution in [-0.2, 0) is 16.0 Å². The van der Waals surface area contributed by atoms with Gasteiger partial charge in [0.05, 0.1) is 19.6 Å². The van der Waals surface area contributed by atoms with Crippen molar-refractivity contribution in [2.24, 2.45) is 0 Å². The standard InChI is InChI=1S/C12H16O3/c1-3-9-6-4-5-7-10(9)11(13)8-12(14)15-2/h4-7,11,13H,3,8H2,1-2H3/t11-/m0/s1. The van der Waals surface area contributed by atoms with Crippen molar-refractivity contribution in [1.82, 2.24) is 0 Å². The first-order chi connectivity index (χ1) is 7.19. The van der Waals surface area contributed by atoms with Crippen LogP contribution in [0.3, 0.4) is 0 Å². The SMILES string of the molecule is CCc1ccccc1[C@@H](O)CC(=O)OC. The van der Waals surface area contributed by atoms with Gasteiger partial charge in [-0.25, -0.2) is 0 Å². The Balaban J connectivity index is 2.80. The minimum Gasteiger partial charge on any atom is -0.469 e. The number of rotatable bonds is 4. The van der Waals surface area contributed by atoms with E-state index in [1.54, 1.807) is 0 Å². The van der Waals surface area contributed by atoms with Crippen molar-refractivity contribution in [3.63, 3.8) is 0 Å². The molecule has 0 unspecified atom stereocenters. The van der Waals surface area contributed by atoms with Crippen LogP contribution in [0, 0.1) is 0 Å². The summed E-state index contributed by atoms with van der Waals surface area (Å²) in [5, 5.41) is 9.83. The summed E-state index contributed by atoms with van der Waals surface area (Å²) in [6, 6.07) is 7.57. The average Bonchev–Trinajstić information content (AvgIpc) is 2.28. The summed E-state index contributed by atoms with van der Waals surface area (Å²) < 4.78 is 4.52. The van der Waals surface area contributed by atoms with Gasteiger partial charge in [-0.3, -0.25) is 4.79 Å². The molecule has 0 fully saturated rings. The predicted molar refractivity (Wildman–Crippen MR) is 57.4 cm³/mol. The fourth-order valence-electron chi connectivity index (χ4n) is 1.53. The molecule has 0 saturated heterocycles. The van der Waals surface area contributed by atoms with E-state index in [1.165, 1.54) is 7.11 Å². The molecule has 3 nitrogen and oxygen atoms in total. The first-order valence-corrected chi connectivity index (χ1v) is 5.01. The minimum absolute atomic E-state index is 0.00745. The molecule has 0 aromatic heterocycles. The molecule has 1 N–H and O–H groups in total. The number of carbonyl (C=O) groups excluding carboxylic acids is 1. The molecule has 0 aliphatic carbocycles. The van der Waals surface area contributed by atoms with Crippen molar-refractivity contribution >= 4 is 5.97 Å². The Morgan fingerprint density at radius 3 is 2.73 bits per heavy atom. The van der Waals surface area contributed by atoms with E-state index in [4.69, 9.17) is 0 Å². The van der Waals surface area contributed by atoms with Gasteiger partial charge in [-0.1, -0.05) is 31.2 Å². The Kier molecular flexibility index (Phi) is 4.31. The minimum atomic E-state index is -0.770. The van der Waals surface area contributed by atoms with Crippen LogP contribution in [0.25, 0.3) is 0 Å². The molecule has 0 bridgehead atoms. The lowest BCUT2D eigenvalue weighted by molar-refractivity contribution is -0.142. The molecule has 1 aromatic rings. The third kappa shape index (κ3) is 3.06. The Morgan fingerprint density at radius 2 is 2.13 bits per heavy atom. The van der Waals surface area contributed by atoms with E-state index in [1.807, 2.05) is 31.2 Å². The van der Waals surface area contributed by atoms with Crippen LogP contribution < -0.4 is 0 Å². The Bertz CT molecular complexity index is 333. The number of methoxy groups -OCH3 is 1. The molecule has 0 amide bonds. The monoisotopic (exact) mass is 208 g/mol. The highest BCUT2D eigenvalue weighted by atomic mass is 16.5. The maximum Gasteiger partial charge on any atom is 0.308 e. The van der Waals surface area contributed by atoms with Gasteiger partial charge in [-0.05, 0) is 17.5 Å². The molecule has 82 valence electrons. The summed E-state index contributed by atoms with van der Waals surface area (Å²) in [6.07, 6.45) is 0.0793. The van der Waals surface area contributed by atoms with Gasteiger partial charge in [0.15, 0.2) is 0 Å². The van der Waals surface area contributed by atoms with Crippen LogP contribution >= 0.6 is 0 Å². The smallest absolute Gasteiger partial charge is 0.308 e. The van der Waals surface area contributed by atoms with Gasteiger partial charge in [-0.15, -0.1) is 0 Å². The van der Waals surface area contributed by atoms with E-state index in [-0.39, 0.29) is 6.42 Å². The largest absolute Gasteiger partial charge is 0.469 e. The molecule has 0 aliphatic rings. The number of esters is 1. The lowest BCUT2D eigenvalue weighted by Gasteiger charge is -2.13. The Morgan fingerprint density at radius 1 is 1.47 bits per heavy atom. The highest BCUT2D eigenvalue weighted by Gasteiger charge is 2.15. The summed E-state index contributed by atoms with van der Waals surface area (Å²) in [7, 11) is 1.32. The van der Waals surface area contributed by atoms with Crippen LogP contribution in [0.15, 0.2) is 24.3 Å². The zero-order valence-electron chi connectivity index (χ0n) is 9.06. The number of carbonyl (C=O) groups is 1. The number of hydrogen-bond donors (Lipinski definition) is 1. The van der Waals surface area contributed by atoms with Gasteiger partial charge in [0.25, 0.3) is 0 Å². The highest BCUT2D eigenvalue weighted by molar-refractivity contribution is 5.70. The maximum atomic E-state index is 11.0. The van der Waals surface area contributed by atoms with Gasteiger partial charge < -0.3 is 9.84 Å². The summed E-state index contributed by atoms with van der Waals surface area (Å²) in [5.74, 6) is -0.395. The number of ether oxygens (including phenoxy) is 1. The number of benzene rings is 1. The zero-order chi connectivity index (χ0) is 11.3. The maximum absolute atomic E-state index is 11.0. The third-order valence-corrected chi connectivity index (χ3v) is 2.38. The van der Waals surface area contributed by atoms with E-state index < -0.39 is 12.1 Å². The van der Waals surface area contributed by atoms with Crippen molar-refractivity contribution in [2.75, 3.05) is 7.11 Å². The van der Waals surface area contributed by atoms with Gasteiger partial charge >= 0.3 is 5.97 Å². The van der Waals surface area contributed by atoms with Crippen LogP contribution in [0.1, 0.15) is 30.6 Å². The number of aliphatic hydroxyl groups is 1. The molecule has 0 aliphatic heterocycles. The fraction of sp³-hybridized carbons (Fsp3) is 0.417. The average molecular weight is 208 g/mol. The van der Waals surface area contributed by atoms with Crippen molar-refractivity contribution in [3.05, 3.63) is 35.4 Å². The lowest BCUT2D eigenvalue weighted by atomic mass is 9.99. The normalized spacial score (nSPS) is 12.2. The summed E-state index contributed by atoms with van der Waals surface area (Å²) in [4.78, 5) is 11.0. The second-order valence-electron chi connectivity index (χ2n) is 3.35. The first-order valence-electron chi connectivity index (χ1n) is 5.01. The summed E-state index contributed by atoms with van der Waals surface area (Å²) in [5.41, 5.74) is 1.87. The molecule has 0 spiro atoms. The molecule has 3 heteroatoms. The first kappa shape index (κ1) is 11.7. The molecule has 0 saturated carbocycles. The highest BCUT2D eigenvalue weighted by Crippen LogP contribution is 2.21. The van der Waals surface area contributed by atoms with Crippen molar-refractivity contribution < 1.29 is 14.6 Å². The quantitative estimate of drug-likeness (QED) is 0.768. The number of aliphatic hydroxyl groups excluding tert-OH is 1. The van der Waals surface area contributed by atoms with E-state index in [9.17, 15) is 9.90 Å². The van der Waals surface area contributed by atoms with Crippen LogP contribution in [0.5, 0.6) is 0 Å². The van der Waals surface area contributed by atoms with E-state index in [0.717, 1.165) is 17.5 Å². The van der Waals surface area contributed by atoms with Crippen LogP contribution in [-0.4, -0.2) is 18.2 Å². The van der Waals surface area contributed by atoms with Gasteiger partial charge in [0.2, 0.25) is 0 Å². The Labute approximate surface area is 89.7 Å². The van der Waals surface area contributed by atoms with E-state index in [0.29, 0.717) is 0 Å². The molecule has 15 heavy (non-hydrogen) atoms. The van der Waals surface area contributed by atoms with E-state index >= 15 is 0 Å². The van der Waals surface area contributed by atoms with Crippen molar-refractivity contribution in [3.8, 4) is 0 Å². The van der Waals surface area contributed by atoms with Crippen molar-refractivity contribution in [2.45, 2.75) is 25.9 Å². The van der Waals surface area contributed by atoms with Gasteiger partial charge in [-0.2, -0.15) is 0 Å². The molecular formula is C12H16O3. The molecule has 1 rings (SSSR count). The van der Waals surface area contributed by atoms with Crippen molar-refractivity contribution in [1.29, 1.82) is 0 Å². The summed E-state index contributed by atoms with van der Waals surface area (Å²) >= 11 is 0. The molecular weight excluding hydrogens is 192 g/mol. The predicted octanol–water partition coefficient (Wildman–Crippen LogP) is 1.85. The zero-order valence-corrected chi connectivity index (χ0v) is 9.06. The van der Waals surface area contributed by atoms with Gasteiger partial charge in [0, 0.05) is 0 Å². The third-order valence-electron chi connectivity index (χ3n) is 2.38. The summed E-state index contributed by atoms with van der Waals surface area (Å²) in [6.45, 7) is 2.02. The van der Waals surface area contributed by atoms with Crippen LogP contribution in [0.2, 0.25) is 0 Å². The van der Waals surface area contributed by atoms with Gasteiger partial charge in [0.1, 0.15) is 0 Å². The second kappa shape index (κ2) is 5.51. The Hall–Kier alpha value is -1.35. The fourth-order valence-corrected chi connectivity index (χ4v) is 1.53. The number of aryl methyl sites for hydroxylation is 1. The number of hydrogen-bond acceptors (Lipinski definition) is 3.